The first-order chi connectivity index (χ1) is 6.88. The summed E-state index contributed by atoms with van der Waals surface area (Å²) < 4.78 is 23.9. The van der Waals surface area contributed by atoms with Gasteiger partial charge >= 0.3 is 6.43 Å². The lowest BCUT2D eigenvalue weighted by Crippen LogP contribution is -2.43. The van der Waals surface area contributed by atoms with Gasteiger partial charge in [-0.2, -0.15) is 8.78 Å². The predicted molar refractivity (Wildman–Crippen MR) is 56.2 cm³/mol. The molecule has 1 unspecified atom stereocenters. The Morgan fingerprint density at radius 1 is 1.33 bits per heavy atom. The molecule has 0 radical (unpaired) electrons. The van der Waals surface area contributed by atoms with Crippen LogP contribution in [-0.4, -0.2) is 29.5 Å². The van der Waals surface area contributed by atoms with E-state index >= 15 is 0 Å². The molecule has 88 valence electrons. The minimum absolute atomic E-state index is 0.0595. The molecule has 1 N–H and O–H groups in total. The summed E-state index contributed by atoms with van der Waals surface area (Å²) >= 11 is 2.98. The van der Waals surface area contributed by atoms with Gasteiger partial charge in [-0.05, 0) is 5.92 Å². The van der Waals surface area contributed by atoms with E-state index in [0.29, 0.717) is 0 Å². The summed E-state index contributed by atoms with van der Waals surface area (Å²) in [7, 11) is 0. The third kappa shape index (κ3) is 5.81. The SMILES string of the molecule is CC(C)C(CC(=O)CBr)NC(=O)C(F)F. The van der Waals surface area contributed by atoms with Crippen LogP contribution in [0.2, 0.25) is 0 Å². The molecule has 0 aliphatic rings. The van der Waals surface area contributed by atoms with Crippen LogP contribution < -0.4 is 5.32 Å². The number of carbonyl (C=O) groups excluding carboxylic acids is 2. The largest absolute Gasteiger partial charge is 0.348 e. The summed E-state index contributed by atoms with van der Waals surface area (Å²) in [5.74, 6) is -1.50. The van der Waals surface area contributed by atoms with Crippen LogP contribution in [-0.2, 0) is 9.59 Å². The van der Waals surface area contributed by atoms with Gasteiger partial charge in [-0.15, -0.1) is 0 Å². The number of carbonyl (C=O) groups is 2. The van der Waals surface area contributed by atoms with Crippen molar-refractivity contribution in [2.24, 2.45) is 5.92 Å². The zero-order valence-corrected chi connectivity index (χ0v) is 10.2. The number of nitrogens with one attached hydrogen (secondary N) is 1. The summed E-state index contributed by atoms with van der Waals surface area (Å²) in [6.45, 7) is 3.52. The molecule has 0 fully saturated rings. The van der Waals surface area contributed by atoms with E-state index in [1.54, 1.807) is 13.8 Å². The quantitative estimate of drug-likeness (QED) is 0.756. The Kier molecular flexibility index (Phi) is 6.63. The fraction of sp³-hybridized carbons (Fsp3) is 0.778. The number of Topliss-reactive ketones (excluding diaryl/α,β-unsaturated/α-hetero) is 1. The Morgan fingerprint density at radius 2 is 1.87 bits per heavy atom. The molecule has 0 rings (SSSR count). The molecule has 1 atom stereocenters. The van der Waals surface area contributed by atoms with E-state index in [0.717, 1.165) is 0 Å². The van der Waals surface area contributed by atoms with E-state index in [2.05, 4.69) is 21.2 Å². The lowest BCUT2D eigenvalue weighted by atomic mass is 9.99. The van der Waals surface area contributed by atoms with Crippen molar-refractivity contribution in [3.8, 4) is 0 Å². The van der Waals surface area contributed by atoms with Crippen molar-refractivity contribution >= 4 is 27.6 Å². The van der Waals surface area contributed by atoms with Crippen molar-refractivity contribution in [3.63, 3.8) is 0 Å². The van der Waals surface area contributed by atoms with Gasteiger partial charge in [0, 0.05) is 12.5 Å². The number of hydrogen-bond acceptors (Lipinski definition) is 2. The summed E-state index contributed by atoms with van der Waals surface area (Å²) in [5, 5.41) is 2.32. The van der Waals surface area contributed by atoms with E-state index in [1.807, 2.05) is 0 Å². The molecule has 0 aliphatic carbocycles. The Labute approximate surface area is 95.7 Å². The van der Waals surface area contributed by atoms with Gasteiger partial charge in [0.05, 0.1) is 5.33 Å². The molecule has 0 saturated heterocycles. The van der Waals surface area contributed by atoms with Crippen LogP contribution in [0, 0.1) is 5.92 Å². The lowest BCUT2D eigenvalue weighted by Gasteiger charge is -2.21. The molecular weight excluding hydrogens is 272 g/mol. The molecule has 0 aliphatic heterocycles. The zero-order chi connectivity index (χ0) is 12.0. The molecule has 1 amide bonds. The van der Waals surface area contributed by atoms with E-state index in [4.69, 9.17) is 0 Å². The third-order valence-electron chi connectivity index (χ3n) is 1.93. The number of alkyl halides is 3. The second-order valence-corrected chi connectivity index (χ2v) is 4.10. The first kappa shape index (κ1) is 14.5. The van der Waals surface area contributed by atoms with E-state index in [-0.39, 0.29) is 23.5 Å². The van der Waals surface area contributed by atoms with Crippen molar-refractivity contribution in [1.82, 2.24) is 5.32 Å². The van der Waals surface area contributed by atoms with Crippen LogP contribution in [0.15, 0.2) is 0 Å². The highest BCUT2D eigenvalue weighted by molar-refractivity contribution is 9.09. The predicted octanol–water partition coefficient (Wildman–Crippen LogP) is 1.75. The Balaban J connectivity index is 4.28. The van der Waals surface area contributed by atoms with Gasteiger partial charge in [-0.3, -0.25) is 9.59 Å². The second-order valence-electron chi connectivity index (χ2n) is 3.54. The van der Waals surface area contributed by atoms with Gasteiger partial charge in [0.1, 0.15) is 5.78 Å². The molecule has 0 heterocycles. The lowest BCUT2D eigenvalue weighted by molar-refractivity contribution is -0.133. The topological polar surface area (TPSA) is 46.2 Å². The van der Waals surface area contributed by atoms with Crippen molar-refractivity contribution in [1.29, 1.82) is 0 Å². The number of halogens is 3. The van der Waals surface area contributed by atoms with Crippen molar-refractivity contribution < 1.29 is 18.4 Å². The van der Waals surface area contributed by atoms with Crippen molar-refractivity contribution in [2.45, 2.75) is 32.7 Å². The van der Waals surface area contributed by atoms with Crippen LogP contribution in [0.3, 0.4) is 0 Å². The van der Waals surface area contributed by atoms with Gasteiger partial charge in [0.15, 0.2) is 0 Å². The van der Waals surface area contributed by atoms with Crippen LogP contribution in [0.4, 0.5) is 8.78 Å². The molecule has 0 spiro atoms. The summed E-state index contributed by atoms with van der Waals surface area (Å²) in [6, 6.07) is -0.531. The van der Waals surface area contributed by atoms with Crippen LogP contribution in [0.1, 0.15) is 20.3 Å². The highest BCUT2D eigenvalue weighted by atomic mass is 79.9. The van der Waals surface area contributed by atoms with Crippen LogP contribution in [0.5, 0.6) is 0 Å². The maximum Gasteiger partial charge on any atom is 0.315 e. The van der Waals surface area contributed by atoms with Gasteiger partial charge < -0.3 is 5.32 Å². The molecule has 15 heavy (non-hydrogen) atoms. The van der Waals surface area contributed by atoms with Crippen molar-refractivity contribution in [3.05, 3.63) is 0 Å². The first-order valence-corrected chi connectivity index (χ1v) is 5.66. The van der Waals surface area contributed by atoms with Gasteiger partial charge in [0.25, 0.3) is 5.91 Å². The van der Waals surface area contributed by atoms with Gasteiger partial charge in [-0.25, -0.2) is 0 Å². The summed E-state index contributed by atoms with van der Waals surface area (Å²) in [4.78, 5) is 21.8. The molecule has 0 aromatic carbocycles. The normalized spacial score (nSPS) is 13.0. The van der Waals surface area contributed by atoms with E-state index < -0.39 is 18.4 Å². The molecule has 0 saturated carbocycles. The maximum absolute atomic E-state index is 12.0. The standard InChI is InChI=1S/C9H14BrF2NO2/c1-5(2)7(3-6(14)4-10)13-9(15)8(11)12/h5,7-8H,3-4H2,1-2H3,(H,13,15). The highest BCUT2D eigenvalue weighted by Crippen LogP contribution is 2.08. The Hall–Kier alpha value is -0.520. The average molecular weight is 286 g/mol. The smallest absolute Gasteiger partial charge is 0.315 e. The van der Waals surface area contributed by atoms with Gasteiger partial charge in [-0.1, -0.05) is 29.8 Å². The number of amides is 1. The second kappa shape index (κ2) is 6.87. The monoisotopic (exact) mass is 285 g/mol. The minimum atomic E-state index is -3.04. The first-order valence-electron chi connectivity index (χ1n) is 4.54. The molecule has 0 bridgehead atoms. The fourth-order valence-corrected chi connectivity index (χ4v) is 1.23. The minimum Gasteiger partial charge on any atom is -0.348 e. The number of ketones is 1. The average Bonchev–Trinajstić information content (AvgIpc) is 2.15. The van der Waals surface area contributed by atoms with E-state index in [1.165, 1.54) is 0 Å². The highest BCUT2D eigenvalue weighted by Gasteiger charge is 2.23. The maximum atomic E-state index is 12.0. The summed E-state index contributed by atoms with van der Waals surface area (Å²) in [5.41, 5.74) is 0. The van der Waals surface area contributed by atoms with Gasteiger partial charge in [0.2, 0.25) is 0 Å². The van der Waals surface area contributed by atoms with Crippen molar-refractivity contribution in [2.75, 3.05) is 5.33 Å². The summed E-state index contributed by atoms with van der Waals surface area (Å²) in [6.07, 6.45) is -2.97. The zero-order valence-electron chi connectivity index (χ0n) is 8.60. The molecule has 0 aromatic heterocycles. The van der Waals surface area contributed by atoms with Crippen LogP contribution >= 0.6 is 15.9 Å². The van der Waals surface area contributed by atoms with E-state index in [9.17, 15) is 18.4 Å². The third-order valence-corrected chi connectivity index (χ3v) is 2.55. The Bertz CT molecular complexity index is 234. The Morgan fingerprint density at radius 3 is 2.20 bits per heavy atom. The molecule has 0 aromatic rings. The molecule has 6 heteroatoms. The number of hydrogen-bond donors (Lipinski definition) is 1. The molecular formula is C9H14BrF2NO2. The number of rotatable bonds is 6. The van der Waals surface area contributed by atoms with Crippen LogP contribution in [0.25, 0.3) is 0 Å². The fourth-order valence-electron chi connectivity index (χ4n) is 0.999. The molecule has 3 nitrogen and oxygen atoms in total.